The second kappa shape index (κ2) is 6.97. The van der Waals surface area contributed by atoms with Crippen molar-refractivity contribution in [3.05, 3.63) is 29.8 Å². The number of nitrogens with one attached hydrogen (secondary N) is 1. The van der Waals surface area contributed by atoms with Crippen molar-refractivity contribution in [3.63, 3.8) is 0 Å². The highest BCUT2D eigenvalue weighted by atomic mass is 16.2. The number of hydrogen-bond donors (Lipinski definition) is 1. The highest BCUT2D eigenvalue weighted by Crippen LogP contribution is 2.30. The average molecular weight is 288 g/mol. The first kappa shape index (κ1) is 15.9. The minimum absolute atomic E-state index is 0.173. The molecule has 1 N–H and O–H groups in total. The first-order chi connectivity index (χ1) is 10.0. The van der Waals surface area contributed by atoms with Gasteiger partial charge in [0.15, 0.2) is 0 Å². The second-order valence-electron chi connectivity index (χ2n) is 6.78. The zero-order valence-corrected chi connectivity index (χ0v) is 13.6. The van der Waals surface area contributed by atoms with Crippen molar-refractivity contribution in [3.8, 4) is 0 Å². The molecule has 1 aliphatic rings. The van der Waals surface area contributed by atoms with Crippen LogP contribution in [0.25, 0.3) is 0 Å². The molecule has 3 nitrogen and oxygen atoms in total. The van der Waals surface area contributed by atoms with Crippen LogP contribution >= 0.6 is 0 Å². The number of nitrogens with zero attached hydrogens (tertiary/aromatic N) is 1. The van der Waals surface area contributed by atoms with E-state index in [0.717, 1.165) is 50.1 Å². The molecule has 1 amide bonds. The molecule has 1 heterocycles. The Morgan fingerprint density at radius 3 is 2.76 bits per heavy atom. The monoisotopic (exact) mass is 288 g/mol. The van der Waals surface area contributed by atoms with Gasteiger partial charge in [-0.2, -0.15) is 0 Å². The molecule has 3 heteroatoms. The summed E-state index contributed by atoms with van der Waals surface area (Å²) in [7, 11) is 0. The van der Waals surface area contributed by atoms with E-state index in [-0.39, 0.29) is 5.91 Å². The minimum Gasteiger partial charge on any atom is -0.384 e. The summed E-state index contributed by atoms with van der Waals surface area (Å²) in [5, 5.41) is 3.37. The fourth-order valence-corrected chi connectivity index (χ4v) is 2.88. The quantitative estimate of drug-likeness (QED) is 0.902. The van der Waals surface area contributed by atoms with Gasteiger partial charge >= 0.3 is 0 Å². The minimum atomic E-state index is 0.173. The molecule has 21 heavy (non-hydrogen) atoms. The van der Waals surface area contributed by atoms with E-state index in [0.29, 0.717) is 5.41 Å². The highest BCUT2D eigenvalue weighted by molar-refractivity contribution is 5.99. The van der Waals surface area contributed by atoms with Gasteiger partial charge in [-0.15, -0.1) is 0 Å². The number of hydrogen-bond acceptors (Lipinski definition) is 2. The maximum Gasteiger partial charge on any atom is 0.255 e. The van der Waals surface area contributed by atoms with Crippen LogP contribution in [0.1, 0.15) is 56.8 Å². The van der Waals surface area contributed by atoms with Crippen LogP contribution in [-0.2, 0) is 0 Å². The molecule has 1 fully saturated rings. The molecule has 1 aliphatic heterocycles. The van der Waals surface area contributed by atoms with Crippen LogP contribution in [0.3, 0.4) is 0 Å². The van der Waals surface area contributed by atoms with E-state index in [9.17, 15) is 4.79 Å². The van der Waals surface area contributed by atoms with Gasteiger partial charge in [-0.05, 0) is 43.2 Å². The fourth-order valence-electron chi connectivity index (χ4n) is 2.88. The van der Waals surface area contributed by atoms with Crippen LogP contribution in [0.15, 0.2) is 24.3 Å². The molecule has 116 valence electrons. The summed E-state index contributed by atoms with van der Waals surface area (Å²) in [5.41, 5.74) is 2.13. The Morgan fingerprint density at radius 2 is 2.00 bits per heavy atom. The third-order valence-electron chi connectivity index (χ3n) is 4.35. The van der Waals surface area contributed by atoms with Gasteiger partial charge in [0.2, 0.25) is 0 Å². The predicted octanol–water partition coefficient (Wildman–Crippen LogP) is 4.16. The number of carbonyl (C=O) groups is 1. The van der Waals surface area contributed by atoms with Gasteiger partial charge in [-0.1, -0.05) is 32.9 Å². The normalized spacial score (nSPS) is 18.1. The molecule has 1 aromatic carbocycles. The smallest absolute Gasteiger partial charge is 0.255 e. The number of amides is 1. The topological polar surface area (TPSA) is 32.3 Å². The molecule has 0 atom stereocenters. The van der Waals surface area contributed by atoms with E-state index in [1.807, 2.05) is 29.2 Å². The molecule has 0 radical (unpaired) electrons. The zero-order chi connectivity index (χ0) is 15.3. The summed E-state index contributed by atoms with van der Waals surface area (Å²) in [4.78, 5) is 14.9. The van der Waals surface area contributed by atoms with E-state index >= 15 is 0 Å². The molecular formula is C18H28N2O. The lowest BCUT2D eigenvalue weighted by atomic mass is 9.85. The van der Waals surface area contributed by atoms with Crippen molar-refractivity contribution in [1.82, 2.24) is 4.90 Å². The van der Waals surface area contributed by atoms with E-state index < -0.39 is 0 Å². The van der Waals surface area contributed by atoms with E-state index in [1.165, 1.54) is 6.42 Å². The molecule has 0 aliphatic carbocycles. The van der Waals surface area contributed by atoms with E-state index in [4.69, 9.17) is 0 Å². The van der Waals surface area contributed by atoms with Gasteiger partial charge in [-0.25, -0.2) is 0 Å². The summed E-state index contributed by atoms with van der Waals surface area (Å²) in [5.74, 6) is 0.173. The van der Waals surface area contributed by atoms with Crippen molar-refractivity contribution in [2.24, 2.45) is 5.41 Å². The molecule has 0 aromatic heterocycles. The predicted molar refractivity (Wildman–Crippen MR) is 88.8 cm³/mol. The Kier molecular flexibility index (Phi) is 5.27. The SMILES string of the molecule is CCCNc1ccccc1C(=O)N1CCCC(C)(C)CC1. The van der Waals surface area contributed by atoms with Gasteiger partial charge in [0.1, 0.15) is 0 Å². The fraction of sp³-hybridized carbons (Fsp3) is 0.611. The van der Waals surface area contributed by atoms with Crippen molar-refractivity contribution >= 4 is 11.6 Å². The van der Waals surface area contributed by atoms with Crippen molar-refractivity contribution in [1.29, 1.82) is 0 Å². The first-order valence-electron chi connectivity index (χ1n) is 8.16. The van der Waals surface area contributed by atoms with Gasteiger partial charge in [0, 0.05) is 25.3 Å². The lowest BCUT2D eigenvalue weighted by molar-refractivity contribution is 0.0758. The lowest BCUT2D eigenvalue weighted by Gasteiger charge is -2.24. The number of benzene rings is 1. The molecule has 2 rings (SSSR count). The first-order valence-corrected chi connectivity index (χ1v) is 8.16. The molecule has 0 unspecified atom stereocenters. The largest absolute Gasteiger partial charge is 0.384 e. The maximum atomic E-state index is 12.8. The van der Waals surface area contributed by atoms with Gasteiger partial charge in [-0.3, -0.25) is 4.79 Å². The molecule has 0 spiro atoms. The van der Waals surface area contributed by atoms with Gasteiger partial charge in [0.25, 0.3) is 5.91 Å². The van der Waals surface area contributed by atoms with Crippen molar-refractivity contribution in [2.45, 2.75) is 46.5 Å². The zero-order valence-electron chi connectivity index (χ0n) is 13.6. The van der Waals surface area contributed by atoms with Crippen LogP contribution in [0.5, 0.6) is 0 Å². The maximum absolute atomic E-state index is 12.8. The third-order valence-corrected chi connectivity index (χ3v) is 4.35. The highest BCUT2D eigenvalue weighted by Gasteiger charge is 2.26. The molecule has 1 saturated heterocycles. The lowest BCUT2D eigenvalue weighted by Crippen LogP contribution is -2.33. The Labute approximate surface area is 128 Å². The number of rotatable bonds is 4. The van der Waals surface area contributed by atoms with Crippen LogP contribution in [-0.4, -0.2) is 30.4 Å². The summed E-state index contributed by atoms with van der Waals surface area (Å²) in [6.07, 6.45) is 4.44. The number of carbonyl (C=O) groups excluding carboxylic acids is 1. The third kappa shape index (κ3) is 4.23. The Balaban J connectivity index is 2.12. The Bertz CT molecular complexity index is 482. The standard InChI is InChI=1S/C18H28N2O/c1-4-12-19-16-9-6-5-8-15(16)17(21)20-13-7-10-18(2,3)11-14-20/h5-6,8-9,19H,4,7,10-14H2,1-3H3. The average Bonchev–Trinajstić information content (AvgIpc) is 2.65. The number of likely N-dealkylation sites (tertiary alicyclic amines) is 1. The summed E-state index contributed by atoms with van der Waals surface area (Å²) >= 11 is 0. The van der Waals surface area contributed by atoms with Crippen LogP contribution in [0.4, 0.5) is 5.69 Å². The van der Waals surface area contributed by atoms with Crippen molar-refractivity contribution in [2.75, 3.05) is 25.0 Å². The molecular weight excluding hydrogens is 260 g/mol. The summed E-state index contributed by atoms with van der Waals surface area (Å²) in [6, 6.07) is 7.88. The Hall–Kier alpha value is -1.51. The van der Waals surface area contributed by atoms with Crippen LogP contribution in [0.2, 0.25) is 0 Å². The van der Waals surface area contributed by atoms with Crippen LogP contribution in [0, 0.1) is 5.41 Å². The second-order valence-corrected chi connectivity index (χ2v) is 6.78. The molecule has 1 aromatic rings. The molecule has 0 bridgehead atoms. The van der Waals surface area contributed by atoms with Gasteiger partial charge in [0.05, 0.1) is 5.56 Å². The van der Waals surface area contributed by atoms with Gasteiger partial charge < -0.3 is 10.2 Å². The van der Waals surface area contributed by atoms with E-state index in [2.05, 4.69) is 26.1 Å². The molecule has 0 saturated carbocycles. The van der Waals surface area contributed by atoms with Crippen LogP contribution < -0.4 is 5.32 Å². The number of anilines is 1. The van der Waals surface area contributed by atoms with Crippen molar-refractivity contribution < 1.29 is 4.79 Å². The summed E-state index contributed by atoms with van der Waals surface area (Å²) < 4.78 is 0. The number of para-hydroxylation sites is 1. The van der Waals surface area contributed by atoms with E-state index in [1.54, 1.807) is 0 Å². The summed E-state index contributed by atoms with van der Waals surface area (Å²) in [6.45, 7) is 9.39. The Morgan fingerprint density at radius 1 is 1.24 bits per heavy atom.